The van der Waals surface area contributed by atoms with Crippen LogP contribution in [0.15, 0.2) is 72.8 Å². The second-order valence-corrected chi connectivity index (χ2v) is 10.6. The summed E-state index contributed by atoms with van der Waals surface area (Å²) >= 11 is 6.32. The van der Waals surface area contributed by atoms with Gasteiger partial charge in [0.25, 0.3) is 5.91 Å². The van der Waals surface area contributed by atoms with E-state index in [1.807, 2.05) is 30.3 Å². The topological polar surface area (TPSA) is 137 Å². The van der Waals surface area contributed by atoms with Crippen LogP contribution in [-0.2, 0) is 21.6 Å². The molecule has 1 unspecified atom stereocenters. The number of rotatable bonds is 6. The van der Waals surface area contributed by atoms with Crippen LogP contribution in [0.5, 0.6) is 0 Å². The number of fused-ring (bicyclic) bond motifs is 2. The van der Waals surface area contributed by atoms with Crippen LogP contribution in [0.25, 0.3) is 0 Å². The lowest BCUT2D eigenvalue weighted by atomic mass is 9.86. The summed E-state index contributed by atoms with van der Waals surface area (Å²) in [5.74, 6) is -0.776. The second kappa shape index (κ2) is 11.9. The lowest BCUT2D eigenvalue weighted by Crippen LogP contribution is -2.54. The first-order valence-electron chi connectivity index (χ1n) is 13.3. The Hall–Kier alpha value is -4.57. The van der Waals surface area contributed by atoms with Crippen molar-refractivity contribution >= 4 is 47.0 Å². The molecule has 41 heavy (non-hydrogen) atoms. The average molecular weight is 577 g/mol. The highest BCUT2D eigenvalue weighted by Gasteiger charge is 2.46. The van der Waals surface area contributed by atoms with E-state index in [0.717, 1.165) is 12.0 Å². The molecule has 3 aromatic rings. The maximum absolute atomic E-state index is 14.1. The molecule has 4 N–H and O–H groups in total. The van der Waals surface area contributed by atoms with Crippen molar-refractivity contribution in [1.29, 1.82) is 0 Å². The molecule has 0 radical (unpaired) electrons. The number of nitrogens with zero attached hydrogens (tertiary/aromatic N) is 1. The zero-order chi connectivity index (χ0) is 29.0. The number of ether oxygens (including phenoxy) is 1. The van der Waals surface area contributed by atoms with Crippen molar-refractivity contribution in [2.75, 3.05) is 23.7 Å². The molecule has 2 atom stereocenters. The summed E-state index contributed by atoms with van der Waals surface area (Å²) in [6.45, 7) is 0.543. The van der Waals surface area contributed by atoms with E-state index in [0.29, 0.717) is 41.3 Å². The largest absolute Gasteiger partial charge is 0.465 e. The highest BCUT2D eigenvalue weighted by Crippen LogP contribution is 2.43. The Bertz CT molecular complexity index is 1470. The molecule has 0 aromatic heterocycles. The third kappa shape index (κ3) is 6.44. The molecule has 10 nitrogen and oxygen atoms in total. The van der Waals surface area contributed by atoms with Gasteiger partial charge in [-0.3, -0.25) is 20.2 Å². The van der Waals surface area contributed by atoms with Gasteiger partial charge in [-0.25, -0.2) is 9.59 Å². The molecule has 2 aliphatic heterocycles. The molecule has 1 spiro atoms. The third-order valence-electron chi connectivity index (χ3n) is 7.30. The van der Waals surface area contributed by atoms with Gasteiger partial charge in [0.2, 0.25) is 5.91 Å². The van der Waals surface area contributed by atoms with Crippen LogP contribution in [0.2, 0.25) is 5.02 Å². The van der Waals surface area contributed by atoms with Crippen LogP contribution < -0.4 is 16.0 Å². The van der Waals surface area contributed by atoms with Crippen LogP contribution in [-0.4, -0.2) is 53.1 Å². The minimum absolute atomic E-state index is 0.114. The third-order valence-corrected chi connectivity index (χ3v) is 7.53. The monoisotopic (exact) mass is 576 g/mol. The average Bonchev–Trinajstić information content (AvgIpc) is 3.16. The summed E-state index contributed by atoms with van der Waals surface area (Å²) in [4.78, 5) is 52.5. The molecular weight excluding hydrogens is 548 g/mol. The highest BCUT2D eigenvalue weighted by molar-refractivity contribution is 6.30. The Morgan fingerprint density at radius 3 is 2.54 bits per heavy atom. The summed E-state index contributed by atoms with van der Waals surface area (Å²) in [5, 5.41) is 17.2. The van der Waals surface area contributed by atoms with Crippen molar-refractivity contribution in [2.24, 2.45) is 0 Å². The number of benzene rings is 3. The molecule has 0 aliphatic carbocycles. The lowest BCUT2D eigenvalue weighted by Gasteiger charge is -2.40. The van der Waals surface area contributed by atoms with E-state index in [1.165, 1.54) is 24.3 Å². The Balaban J connectivity index is 1.42. The van der Waals surface area contributed by atoms with E-state index in [-0.39, 0.29) is 24.4 Å². The van der Waals surface area contributed by atoms with Crippen molar-refractivity contribution in [2.45, 2.75) is 37.3 Å². The minimum atomic E-state index is -1.21. The van der Waals surface area contributed by atoms with Crippen molar-refractivity contribution in [3.05, 3.63) is 94.5 Å². The molecular formula is C30H29ClN4O6. The standard InChI is InChI=1S/C30H29ClN4O6/c31-21-10-13-24-23(17-21)30(41-29(40)34-24)14-4-5-15-35(18-30)27(37)25(16-19-6-2-1-3-7-19)33-26(36)20-8-11-22(12-9-20)32-28(38)39/h1-3,6-13,17,25,32H,4-5,14-16,18H2,(H,33,36)(H,34,40)(H,38,39)/t25-,30?/m0/s1. The molecule has 2 aliphatic rings. The number of halogens is 1. The highest BCUT2D eigenvalue weighted by atomic mass is 35.5. The molecule has 3 aromatic carbocycles. The SMILES string of the molecule is O=C(O)Nc1ccc(C(=O)N[C@@H](Cc2ccccc2)C(=O)N2CCCCC3(C2)OC(=O)Nc2ccc(Cl)cc23)cc1. The zero-order valence-electron chi connectivity index (χ0n) is 22.1. The summed E-state index contributed by atoms with van der Waals surface area (Å²) < 4.78 is 5.91. The molecule has 0 bridgehead atoms. The number of amides is 4. The van der Waals surface area contributed by atoms with E-state index < -0.39 is 29.7 Å². The summed E-state index contributed by atoms with van der Waals surface area (Å²) in [5.41, 5.74) is 1.68. The first-order valence-corrected chi connectivity index (χ1v) is 13.6. The van der Waals surface area contributed by atoms with E-state index >= 15 is 0 Å². The second-order valence-electron chi connectivity index (χ2n) is 10.1. The van der Waals surface area contributed by atoms with Crippen LogP contribution >= 0.6 is 11.6 Å². The van der Waals surface area contributed by atoms with Gasteiger partial charge >= 0.3 is 12.2 Å². The fraction of sp³-hybridized carbons (Fsp3) is 0.267. The zero-order valence-corrected chi connectivity index (χ0v) is 22.8. The number of likely N-dealkylation sites (tertiary alicyclic amines) is 1. The summed E-state index contributed by atoms with van der Waals surface area (Å²) in [6, 6.07) is 19.6. The Morgan fingerprint density at radius 2 is 1.80 bits per heavy atom. The number of carboxylic acid groups (broad SMARTS) is 1. The molecule has 4 amide bonds. The van der Waals surface area contributed by atoms with Gasteiger partial charge in [-0.1, -0.05) is 41.9 Å². The van der Waals surface area contributed by atoms with Gasteiger partial charge in [-0.2, -0.15) is 0 Å². The first-order chi connectivity index (χ1) is 19.7. The van der Waals surface area contributed by atoms with E-state index in [2.05, 4.69) is 16.0 Å². The van der Waals surface area contributed by atoms with Crippen LogP contribution in [0.4, 0.5) is 21.0 Å². The van der Waals surface area contributed by atoms with Crippen molar-refractivity contribution < 1.29 is 29.0 Å². The van der Waals surface area contributed by atoms with Gasteiger partial charge in [0.15, 0.2) is 5.60 Å². The first kappa shape index (κ1) is 28.0. The van der Waals surface area contributed by atoms with E-state index in [4.69, 9.17) is 21.4 Å². The van der Waals surface area contributed by atoms with Crippen LogP contribution in [0.3, 0.4) is 0 Å². The summed E-state index contributed by atoms with van der Waals surface area (Å²) in [6.07, 6.45) is 0.370. The molecule has 5 rings (SSSR count). The van der Waals surface area contributed by atoms with Gasteiger partial charge in [0.1, 0.15) is 6.04 Å². The fourth-order valence-electron chi connectivity index (χ4n) is 5.38. The lowest BCUT2D eigenvalue weighted by molar-refractivity contribution is -0.136. The maximum Gasteiger partial charge on any atom is 0.412 e. The van der Waals surface area contributed by atoms with Gasteiger partial charge < -0.3 is 20.1 Å². The number of hydrogen-bond donors (Lipinski definition) is 4. The molecule has 11 heteroatoms. The number of carbonyl (C=O) groups excluding carboxylic acids is 3. The van der Waals surface area contributed by atoms with E-state index in [9.17, 15) is 19.2 Å². The minimum Gasteiger partial charge on any atom is -0.465 e. The molecule has 1 fully saturated rings. The van der Waals surface area contributed by atoms with Crippen molar-refractivity contribution in [3.63, 3.8) is 0 Å². The van der Waals surface area contributed by atoms with Crippen molar-refractivity contribution in [1.82, 2.24) is 10.2 Å². The van der Waals surface area contributed by atoms with Crippen LogP contribution in [0.1, 0.15) is 40.7 Å². The fourth-order valence-corrected chi connectivity index (χ4v) is 5.55. The predicted octanol–water partition coefficient (Wildman–Crippen LogP) is 5.24. The molecule has 2 heterocycles. The van der Waals surface area contributed by atoms with Crippen LogP contribution in [0, 0.1) is 0 Å². The Labute approximate surface area is 241 Å². The molecule has 212 valence electrons. The maximum atomic E-state index is 14.1. The predicted molar refractivity (Wildman–Crippen MR) is 153 cm³/mol. The van der Waals surface area contributed by atoms with Gasteiger partial charge in [0, 0.05) is 34.8 Å². The van der Waals surface area contributed by atoms with Gasteiger partial charge in [0.05, 0.1) is 12.2 Å². The molecule has 0 saturated carbocycles. The van der Waals surface area contributed by atoms with Crippen molar-refractivity contribution in [3.8, 4) is 0 Å². The Kier molecular flexibility index (Phi) is 8.11. The normalized spacial score (nSPS) is 18.8. The van der Waals surface area contributed by atoms with Gasteiger partial charge in [-0.15, -0.1) is 0 Å². The number of nitrogens with one attached hydrogen (secondary N) is 3. The number of carbonyl (C=O) groups is 4. The quantitative estimate of drug-likeness (QED) is 0.317. The smallest absolute Gasteiger partial charge is 0.412 e. The molecule has 1 saturated heterocycles. The van der Waals surface area contributed by atoms with E-state index in [1.54, 1.807) is 23.1 Å². The number of anilines is 2. The summed E-state index contributed by atoms with van der Waals surface area (Å²) in [7, 11) is 0. The van der Waals surface area contributed by atoms with Gasteiger partial charge in [-0.05, 0) is 67.3 Å². The number of hydrogen-bond acceptors (Lipinski definition) is 5. The Morgan fingerprint density at radius 1 is 1.05 bits per heavy atom.